The van der Waals surface area contributed by atoms with E-state index in [1.54, 1.807) is 6.07 Å². The first-order valence-electron chi connectivity index (χ1n) is 7.50. The van der Waals surface area contributed by atoms with Crippen molar-refractivity contribution in [2.75, 3.05) is 31.7 Å². The van der Waals surface area contributed by atoms with E-state index in [9.17, 15) is 4.39 Å². The van der Waals surface area contributed by atoms with Gasteiger partial charge in [-0.3, -0.25) is 0 Å². The largest absolute Gasteiger partial charge is 0.379 e. The van der Waals surface area contributed by atoms with Crippen molar-refractivity contribution in [2.24, 2.45) is 5.92 Å². The molecule has 1 heterocycles. The van der Waals surface area contributed by atoms with E-state index in [1.807, 2.05) is 26.1 Å². The molecule has 0 N–H and O–H groups in total. The molecule has 3 nitrogen and oxygen atoms in total. The van der Waals surface area contributed by atoms with Crippen LogP contribution < -0.4 is 4.90 Å². The molecule has 1 aromatic carbocycles. The number of benzene rings is 1. The molecular weight excluding hydrogens is 267 g/mol. The van der Waals surface area contributed by atoms with Gasteiger partial charge in [-0.15, -0.1) is 0 Å². The lowest BCUT2D eigenvalue weighted by atomic mass is 10.1. The zero-order valence-corrected chi connectivity index (χ0v) is 12.6. The van der Waals surface area contributed by atoms with Crippen LogP contribution in [0.25, 0.3) is 10.9 Å². The van der Waals surface area contributed by atoms with Crippen LogP contribution in [0.2, 0.25) is 0 Å². The van der Waals surface area contributed by atoms with Crippen LogP contribution in [0.15, 0.2) is 24.3 Å². The Balaban J connectivity index is 1.76. The van der Waals surface area contributed by atoms with Crippen molar-refractivity contribution < 1.29 is 9.13 Å². The average molecular weight is 288 g/mol. The van der Waals surface area contributed by atoms with Crippen molar-refractivity contribution in [3.63, 3.8) is 0 Å². The summed E-state index contributed by atoms with van der Waals surface area (Å²) in [4.78, 5) is 6.43. The summed E-state index contributed by atoms with van der Waals surface area (Å²) >= 11 is 0. The monoisotopic (exact) mass is 288 g/mol. The van der Waals surface area contributed by atoms with Crippen molar-refractivity contribution >= 4 is 16.6 Å². The molecule has 1 aliphatic carbocycles. The molecule has 3 rings (SSSR count). The number of likely N-dealkylation sites (N-methyl/N-ethyl adjacent to an activating group) is 1. The molecule has 4 heteroatoms. The highest BCUT2D eigenvalue weighted by atomic mass is 19.1. The molecule has 0 saturated heterocycles. The Morgan fingerprint density at radius 3 is 2.95 bits per heavy atom. The Bertz CT molecular complexity index is 640. The van der Waals surface area contributed by atoms with Gasteiger partial charge in [-0.05, 0) is 37.8 Å². The number of hydrogen-bond acceptors (Lipinski definition) is 3. The van der Waals surface area contributed by atoms with Gasteiger partial charge in [-0.25, -0.2) is 9.37 Å². The quantitative estimate of drug-likeness (QED) is 0.760. The maximum atomic E-state index is 13.9. The number of halogens is 1. The number of rotatable bonds is 6. The fraction of sp³-hybridized carbons (Fsp3) is 0.471. The van der Waals surface area contributed by atoms with Gasteiger partial charge in [0.1, 0.15) is 11.3 Å². The molecule has 0 atom stereocenters. The van der Waals surface area contributed by atoms with Crippen LogP contribution in [0.4, 0.5) is 10.1 Å². The van der Waals surface area contributed by atoms with Gasteiger partial charge in [0.2, 0.25) is 0 Å². The van der Waals surface area contributed by atoms with Crippen LogP contribution in [0.3, 0.4) is 0 Å². The highest BCUT2D eigenvalue weighted by Gasteiger charge is 2.21. The van der Waals surface area contributed by atoms with Crippen molar-refractivity contribution in [1.82, 2.24) is 4.98 Å². The van der Waals surface area contributed by atoms with E-state index < -0.39 is 0 Å². The maximum absolute atomic E-state index is 13.9. The second-order valence-electron chi connectivity index (χ2n) is 5.86. The smallest absolute Gasteiger partial charge is 0.149 e. The van der Waals surface area contributed by atoms with Crippen LogP contribution >= 0.6 is 0 Å². The molecule has 0 radical (unpaired) electrons. The molecule has 2 aromatic rings. The van der Waals surface area contributed by atoms with E-state index in [2.05, 4.69) is 9.88 Å². The molecule has 21 heavy (non-hydrogen) atoms. The maximum Gasteiger partial charge on any atom is 0.149 e. The van der Waals surface area contributed by atoms with Gasteiger partial charge in [-0.2, -0.15) is 0 Å². The highest BCUT2D eigenvalue weighted by molar-refractivity contribution is 5.92. The lowest BCUT2D eigenvalue weighted by Gasteiger charge is -2.21. The minimum absolute atomic E-state index is 0.268. The Kier molecular flexibility index (Phi) is 4.06. The van der Waals surface area contributed by atoms with Crippen LogP contribution in [0.5, 0.6) is 0 Å². The number of nitrogens with zero attached hydrogens (tertiary/aromatic N) is 2. The molecule has 1 aromatic heterocycles. The van der Waals surface area contributed by atoms with Gasteiger partial charge in [0.15, 0.2) is 0 Å². The topological polar surface area (TPSA) is 25.4 Å². The number of fused-ring (bicyclic) bond motifs is 1. The summed E-state index contributed by atoms with van der Waals surface area (Å²) < 4.78 is 19.6. The Morgan fingerprint density at radius 1 is 1.38 bits per heavy atom. The van der Waals surface area contributed by atoms with E-state index >= 15 is 0 Å². The Hall–Kier alpha value is -1.68. The van der Waals surface area contributed by atoms with Crippen LogP contribution in [-0.2, 0) is 4.74 Å². The number of ether oxygens (including phenoxy) is 1. The van der Waals surface area contributed by atoms with E-state index in [0.717, 1.165) is 35.8 Å². The van der Waals surface area contributed by atoms with Gasteiger partial charge < -0.3 is 9.64 Å². The SMILES string of the molecule is Cc1cc(N(C)CCOCC2CC2)c2cccc(F)c2n1. The number of pyridine rings is 1. The Labute approximate surface area is 124 Å². The predicted molar refractivity (Wildman–Crippen MR) is 83.3 cm³/mol. The molecule has 0 spiro atoms. The van der Waals surface area contributed by atoms with Gasteiger partial charge in [0.05, 0.1) is 6.61 Å². The molecular formula is C17H21FN2O. The first-order chi connectivity index (χ1) is 10.1. The summed E-state index contributed by atoms with van der Waals surface area (Å²) in [6.45, 7) is 4.26. The van der Waals surface area contributed by atoms with Crippen molar-refractivity contribution in [3.05, 3.63) is 35.8 Å². The van der Waals surface area contributed by atoms with Gasteiger partial charge >= 0.3 is 0 Å². The van der Waals surface area contributed by atoms with E-state index in [4.69, 9.17) is 4.74 Å². The molecule has 0 aliphatic heterocycles. The van der Waals surface area contributed by atoms with Crippen LogP contribution in [-0.4, -0.2) is 31.8 Å². The molecule has 0 unspecified atom stereocenters. The first-order valence-corrected chi connectivity index (χ1v) is 7.50. The fourth-order valence-corrected chi connectivity index (χ4v) is 2.49. The number of para-hydroxylation sites is 1. The van der Waals surface area contributed by atoms with Crippen LogP contribution in [0, 0.1) is 18.7 Å². The third kappa shape index (κ3) is 3.32. The summed E-state index contributed by atoms with van der Waals surface area (Å²) in [7, 11) is 2.01. The third-order valence-electron chi connectivity index (χ3n) is 3.93. The summed E-state index contributed by atoms with van der Waals surface area (Å²) in [6.07, 6.45) is 2.62. The lowest BCUT2D eigenvalue weighted by Crippen LogP contribution is -2.23. The summed E-state index contributed by atoms with van der Waals surface area (Å²) in [5.41, 5.74) is 2.28. The molecule has 112 valence electrons. The van der Waals surface area contributed by atoms with Gasteiger partial charge in [0.25, 0.3) is 0 Å². The zero-order chi connectivity index (χ0) is 14.8. The van der Waals surface area contributed by atoms with Gasteiger partial charge in [-0.1, -0.05) is 12.1 Å². The Morgan fingerprint density at radius 2 is 2.19 bits per heavy atom. The molecule has 0 amide bonds. The first kappa shape index (κ1) is 14.3. The van der Waals surface area contributed by atoms with Crippen LogP contribution in [0.1, 0.15) is 18.5 Å². The van der Waals surface area contributed by atoms with E-state index in [0.29, 0.717) is 12.1 Å². The number of aromatic nitrogens is 1. The molecule has 0 bridgehead atoms. The number of anilines is 1. The summed E-state index contributed by atoms with van der Waals surface area (Å²) in [5, 5.41) is 0.852. The number of hydrogen-bond donors (Lipinski definition) is 0. The minimum Gasteiger partial charge on any atom is -0.379 e. The summed E-state index contributed by atoms with van der Waals surface area (Å²) in [6, 6.07) is 7.11. The molecule has 1 fully saturated rings. The molecule has 1 aliphatic rings. The standard InChI is InChI=1S/C17H21FN2O/c1-12-10-16(14-4-3-5-15(18)17(14)19-12)20(2)8-9-21-11-13-6-7-13/h3-5,10,13H,6-9,11H2,1-2H3. The fourth-order valence-electron chi connectivity index (χ4n) is 2.49. The number of aryl methyl sites for hydroxylation is 1. The second kappa shape index (κ2) is 5.98. The predicted octanol–water partition coefficient (Wildman–Crippen LogP) is 3.55. The van der Waals surface area contributed by atoms with Crippen molar-refractivity contribution in [1.29, 1.82) is 0 Å². The van der Waals surface area contributed by atoms with Gasteiger partial charge in [0, 0.05) is 37.0 Å². The minimum atomic E-state index is -0.268. The highest BCUT2D eigenvalue weighted by Crippen LogP contribution is 2.29. The molecule has 1 saturated carbocycles. The zero-order valence-electron chi connectivity index (χ0n) is 12.6. The second-order valence-corrected chi connectivity index (χ2v) is 5.86. The third-order valence-corrected chi connectivity index (χ3v) is 3.93. The van der Waals surface area contributed by atoms with E-state index in [-0.39, 0.29) is 5.82 Å². The van der Waals surface area contributed by atoms with E-state index in [1.165, 1.54) is 18.9 Å². The average Bonchev–Trinajstić information content (AvgIpc) is 3.28. The van der Waals surface area contributed by atoms with Crippen molar-refractivity contribution in [2.45, 2.75) is 19.8 Å². The normalized spacial score (nSPS) is 14.6. The summed E-state index contributed by atoms with van der Waals surface area (Å²) in [5.74, 6) is 0.518. The lowest BCUT2D eigenvalue weighted by molar-refractivity contribution is 0.131. The van der Waals surface area contributed by atoms with Crippen molar-refractivity contribution in [3.8, 4) is 0 Å².